The van der Waals surface area contributed by atoms with Gasteiger partial charge in [-0.3, -0.25) is 0 Å². The maximum absolute atomic E-state index is 13.0. The molecule has 8 nitrogen and oxygen atoms in total. The summed E-state index contributed by atoms with van der Waals surface area (Å²) in [6.07, 6.45) is -5.80. The van der Waals surface area contributed by atoms with Gasteiger partial charge in [-0.15, -0.1) is 0 Å². The van der Waals surface area contributed by atoms with Crippen molar-refractivity contribution in [3.63, 3.8) is 0 Å². The van der Waals surface area contributed by atoms with Crippen molar-refractivity contribution in [1.82, 2.24) is 19.9 Å². The molecule has 4 aromatic heterocycles. The van der Waals surface area contributed by atoms with Gasteiger partial charge in [0.2, 0.25) is 0 Å². The van der Waals surface area contributed by atoms with Crippen molar-refractivity contribution < 1.29 is 57.4 Å². The molecule has 0 aliphatic carbocycles. The lowest BCUT2D eigenvalue weighted by Gasteiger charge is -2.16. The second kappa shape index (κ2) is 14.8. The summed E-state index contributed by atoms with van der Waals surface area (Å²) >= 11 is 0. The number of aromatic amines is 2. The first-order valence-electron chi connectivity index (χ1n) is 14.5. The fraction of sp³-hybridized carbons (Fsp3) is 0.250. The van der Waals surface area contributed by atoms with Crippen molar-refractivity contribution in [2.75, 3.05) is 13.2 Å². The molecule has 2 aromatic carbocycles. The minimum atomic E-state index is -4.51. The fourth-order valence-corrected chi connectivity index (χ4v) is 7.32. The van der Waals surface area contributed by atoms with Crippen LogP contribution in [0.5, 0.6) is 11.5 Å². The van der Waals surface area contributed by atoms with Gasteiger partial charge in [-0.25, -0.2) is 19.1 Å². The smallest absolute Gasteiger partial charge is 0.422 e. The summed E-state index contributed by atoms with van der Waals surface area (Å²) in [7, 11) is 2.83. The average Bonchev–Trinajstić information content (AvgIpc) is 3.66. The van der Waals surface area contributed by atoms with Gasteiger partial charge in [0, 0.05) is 23.3 Å². The summed E-state index contributed by atoms with van der Waals surface area (Å²) in [5.41, 5.74) is 5.34. The van der Waals surface area contributed by atoms with Gasteiger partial charge in [-0.2, -0.15) is 26.3 Å². The van der Waals surface area contributed by atoms with Crippen LogP contribution in [0.4, 0.5) is 26.3 Å². The molecule has 0 saturated carbocycles. The quantitative estimate of drug-likeness (QED) is 0.0877. The van der Waals surface area contributed by atoms with E-state index in [4.69, 9.17) is 9.47 Å². The number of alkyl halides is 6. The highest BCUT2D eigenvalue weighted by Crippen LogP contribution is 2.34. The molecule has 17 heteroatoms. The number of benzene rings is 2. The summed E-state index contributed by atoms with van der Waals surface area (Å²) in [5, 5.41) is 0. The highest BCUT2D eigenvalue weighted by Gasteiger charge is 2.31. The van der Waals surface area contributed by atoms with Crippen LogP contribution in [-0.4, -0.2) is 45.5 Å². The molecular weight excluding hydrogens is 714 g/mol. The minimum Gasteiger partial charge on any atom is -1.00 e. The maximum atomic E-state index is 13.0. The molecule has 6 aromatic rings. The second-order valence-corrected chi connectivity index (χ2v) is 13.2. The van der Waals surface area contributed by atoms with E-state index in [9.17, 15) is 26.3 Å². The Morgan fingerprint density at radius 3 is 1.39 bits per heavy atom. The van der Waals surface area contributed by atoms with Gasteiger partial charge in [0.1, 0.15) is 33.9 Å². The molecule has 0 saturated heterocycles. The van der Waals surface area contributed by atoms with Crippen molar-refractivity contribution >= 4 is 43.7 Å². The van der Waals surface area contributed by atoms with Crippen molar-refractivity contribution in [2.45, 2.75) is 37.7 Å². The Balaban J connectivity index is 0.00000468. The normalized spacial score (nSPS) is 12.0. The van der Waals surface area contributed by atoms with E-state index in [0.717, 1.165) is 22.1 Å². The maximum Gasteiger partial charge on any atom is 0.422 e. The van der Waals surface area contributed by atoms with Crippen LogP contribution >= 0.6 is 21.6 Å². The summed E-state index contributed by atoms with van der Waals surface area (Å²) in [6.45, 7) is 0.508. The van der Waals surface area contributed by atoms with Crippen LogP contribution < -0.4 is 31.0 Å². The van der Waals surface area contributed by atoms with E-state index in [1.165, 1.54) is 33.7 Å². The first kappa shape index (κ1) is 36.1. The zero-order valence-corrected chi connectivity index (χ0v) is 28.2. The zero-order valence-electron chi connectivity index (χ0n) is 25.8. The fourth-order valence-electron chi connectivity index (χ4n) is 5.05. The van der Waals surface area contributed by atoms with Gasteiger partial charge in [0.15, 0.2) is 24.2 Å². The number of aromatic nitrogens is 6. The van der Waals surface area contributed by atoms with Crippen molar-refractivity contribution in [3.05, 3.63) is 95.6 Å². The number of hydrogen-bond donors (Lipinski definition) is 2. The molecule has 0 bridgehead atoms. The molecule has 0 fully saturated rings. The monoisotopic (exact) mass is 741 g/mol. The Kier molecular flexibility index (Phi) is 10.9. The van der Waals surface area contributed by atoms with E-state index < -0.39 is 25.6 Å². The van der Waals surface area contributed by atoms with Crippen molar-refractivity contribution in [2.24, 2.45) is 0 Å². The SMILES string of the molecule is Cc1c(OCC(F)(F)F)cc[n+](-c2nc3ccccc3[nH]2)c1CSSCc1c(C)c(OCC(F)(F)F)cc[n+]1-c1nc2ccccc2[nH]1.[Cl-]. The first-order valence-corrected chi connectivity index (χ1v) is 17.0. The van der Waals surface area contributed by atoms with Gasteiger partial charge < -0.3 is 21.9 Å². The first-order chi connectivity index (χ1) is 22.9. The second-order valence-electron chi connectivity index (χ2n) is 10.7. The predicted molar refractivity (Wildman–Crippen MR) is 170 cm³/mol. The van der Waals surface area contributed by atoms with Crippen LogP contribution in [0.1, 0.15) is 22.5 Å². The predicted octanol–water partition coefficient (Wildman–Crippen LogP) is 4.58. The molecule has 0 atom stereocenters. The zero-order chi connectivity index (χ0) is 34.1. The number of rotatable bonds is 11. The lowest BCUT2D eigenvalue weighted by molar-refractivity contribution is -0.611. The van der Waals surface area contributed by atoms with Gasteiger partial charge in [-0.05, 0) is 38.1 Å². The third-order valence-electron chi connectivity index (χ3n) is 7.40. The molecule has 2 N–H and O–H groups in total. The molecule has 0 unspecified atom stereocenters. The summed E-state index contributed by atoms with van der Waals surface area (Å²) in [5.74, 6) is 1.79. The standard InChI is InChI=1S/C32H28F6N6O2S2.ClH/c1-19-25(43(13-11-27(19)45-17-31(33,34)35)29-39-21-7-3-4-8-22(21)40-29)15-47-48-16-26-20(2)28(46-18-32(36,37)38)12-14-44(26)30-41-23-9-5-6-10-24(23)42-30;/h3-14H,15-18H2,1-2H3,(H,39,40)(H,41,42);1H/q+2;/p-1. The number of nitrogens with zero attached hydrogens (tertiary/aromatic N) is 4. The molecule has 49 heavy (non-hydrogen) atoms. The molecule has 4 heterocycles. The highest BCUT2D eigenvalue weighted by molar-refractivity contribution is 8.76. The Bertz CT molecular complexity index is 1870. The number of fused-ring (bicyclic) bond motifs is 2. The number of H-pyrrole nitrogens is 2. The summed E-state index contributed by atoms with van der Waals surface area (Å²) in [6, 6.07) is 17.8. The third-order valence-corrected chi connectivity index (χ3v) is 9.56. The van der Waals surface area contributed by atoms with Crippen LogP contribution in [-0.2, 0) is 11.5 Å². The Hall–Kier alpha value is -4.15. The van der Waals surface area contributed by atoms with Crippen LogP contribution in [0.2, 0.25) is 0 Å². The number of imidazole rings is 2. The third kappa shape index (κ3) is 8.54. The molecule has 0 amide bonds. The largest absolute Gasteiger partial charge is 1.00 e. The van der Waals surface area contributed by atoms with Crippen molar-refractivity contribution in [3.8, 4) is 23.4 Å². The van der Waals surface area contributed by atoms with E-state index in [0.29, 0.717) is 45.9 Å². The van der Waals surface area contributed by atoms with E-state index in [1.54, 1.807) is 35.4 Å². The topological polar surface area (TPSA) is 83.6 Å². The van der Waals surface area contributed by atoms with Crippen LogP contribution in [0.3, 0.4) is 0 Å². The summed E-state index contributed by atoms with van der Waals surface area (Å²) < 4.78 is 91.8. The summed E-state index contributed by atoms with van der Waals surface area (Å²) in [4.78, 5) is 15.8. The molecule has 0 radical (unpaired) electrons. The van der Waals surface area contributed by atoms with Crippen LogP contribution in [0.15, 0.2) is 73.1 Å². The highest BCUT2D eigenvalue weighted by atomic mass is 35.5. The molecule has 0 aliphatic heterocycles. The Morgan fingerprint density at radius 1 is 0.633 bits per heavy atom. The van der Waals surface area contributed by atoms with Gasteiger partial charge in [-0.1, -0.05) is 55.8 Å². The number of hydrogen-bond acceptors (Lipinski definition) is 6. The van der Waals surface area contributed by atoms with Crippen LogP contribution in [0.25, 0.3) is 34.0 Å². The number of nitrogens with one attached hydrogen (secondary N) is 2. The van der Waals surface area contributed by atoms with Gasteiger partial charge >= 0.3 is 24.2 Å². The number of para-hydroxylation sites is 4. The lowest BCUT2D eigenvalue weighted by atomic mass is 10.2. The number of pyridine rings is 2. The van der Waals surface area contributed by atoms with E-state index >= 15 is 0 Å². The number of ether oxygens (including phenoxy) is 2. The van der Waals surface area contributed by atoms with Crippen molar-refractivity contribution in [1.29, 1.82) is 0 Å². The van der Waals surface area contributed by atoms with Gasteiger partial charge in [0.25, 0.3) is 0 Å². The minimum absolute atomic E-state index is 0. The molecular formula is C32H28ClF6N6O2S2+. The van der Waals surface area contributed by atoms with Gasteiger partial charge in [0.05, 0.1) is 23.9 Å². The van der Waals surface area contributed by atoms with E-state index in [2.05, 4.69) is 19.9 Å². The van der Waals surface area contributed by atoms with E-state index in [-0.39, 0.29) is 23.9 Å². The molecule has 6 rings (SSSR count). The average molecular weight is 742 g/mol. The lowest BCUT2D eigenvalue weighted by Crippen LogP contribution is -3.00. The van der Waals surface area contributed by atoms with Crippen LogP contribution in [0, 0.1) is 13.8 Å². The molecule has 258 valence electrons. The Morgan fingerprint density at radius 2 is 1.02 bits per heavy atom. The Labute approximate surface area is 290 Å². The molecule has 0 spiro atoms. The molecule has 0 aliphatic rings. The number of halogens is 7. The van der Waals surface area contributed by atoms with E-state index in [1.807, 2.05) is 48.5 Å².